The summed E-state index contributed by atoms with van der Waals surface area (Å²) >= 11 is 5.73. The Morgan fingerprint density at radius 2 is 1.82 bits per heavy atom. The molecule has 4 nitrogen and oxygen atoms in total. The fourth-order valence-corrected chi connectivity index (χ4v) is 3.74. The first-order chi connectivity index (χ1) is 13.4. The van der Waals surface area contributed by atoms with Crippen LogP contribution in [0, 0.1) is 5.82 Å². The molecule has 0 heterocycles. The number of benzene rings is 2. The van der Waals surface area contributed by atoms with E-state index in [-0.39, 0.29) is 28.9 Å². The fourth-order valence-electron chi connectivity index (χ4n) is 3.62. The summed E-state index contributed by atoms with van der Waals surface area (Å²) in [7, 11) is 1.81. The molecule has 2 unspecified atom stereocenters. The Labute approximate surface area is 169 Å². The summed E-state index contributed by atoms with van der Waals surface area (Å²) in [6, 6.07) is 12.0. The van der Waals surface area contributed by atoms with Gasteiger partial charge in [0.15, 0.2) is 0 Å². The molecule has 2 atom stereocenters. The van der Waals surface area contributed by atoms with E-state index in [9.17, 15) is 14.0 Å². The van der Waals surface area contributed by atoms with Crippen molar-refractivity contribution in [3.8, 4) is 11.1 Å². The number of nitrogens with zero attached hydrogens (tertiary/aromatic N) is 1. The quantitative estimate of drug-likeness (QED) is 0.790. The third kappa shape index (κ3) is 4.53. The largest absolute Gasteiger partial charge is 0.353 e. The van der Waals surface area contributed by atoms with Crippen molar-refractivity contribution < 1.29 is 14.0 Å². The fraction of sp³-hybridized carbons (Fsp3) is 0.364. The molecule has 1 fully saturated rings. The van der Waals surface area contributed by atoms with Crippen molar-refractivity contribution in [2.45, 2.75) is 44.7 Å². The van der Waals surface area contributed by atoms with E-state index in [4.69, 9.17) is 11.6 Å². The van der Waals surface area contributed by atoms with Crippen molar-refractivity contribution in [1.82, 2.24) is 10.2 Å². The van der Waals surface area contributed by atoms with Crippen LogP contribution in [0.5, 0.6) is 0 Å². The number of hydrogen-bond donors (Lipinski definition) is 1. The number of carbonyl (C=O) groups is 2. The number of nitrogens with one attached hydrogen (secondary N) is 1. The Hall–Kier alpha value is -2.40. The van der Waals surface area contributed by atoms with E-state index < -0.39 is 5.82 Å². The third-order valence-corrected chi connectivity index (χ3v) is 5.65. The van der Waals surface area contributed by atoms with Crippen LogP contribution in [0.2, 0.25) is 5.02 Å². The predicted molar refractivity (Wildman–Crippen MR) is 109 cm³/mol. The van der Waals surface area contributed by atoms with Crippen LogP contribution < -0.4 is 5.32 Å². The molecule has 0 radical (unpaired) electrons. The van der Waals surface area contributed by atoms with E-state index in [2.05, 4.69) is 5.32 Å². The van der Waals surface area contributed by atoms with Crippen LogP contribution in [0.15, 0.2) is 42.5 Å². The molecular formula is C22H24ClFN2O2. The van der Waals surface area contributed by atoms with Crippen LogP contribution in [0.1, 0.15) is 43.0 Å². The number of hydrogen-bond acceptors (Lipinski definition) is 2. The van der Waals surface area contributed by atoms with Gasteiger partial charge in [-0.1, -0.05) is 36.7 Å². The summed E-state index contributed by atoms with van der Waals surface area (Å²) in [6.07, 6.45) is 3.00. The Morgan fingerprint density at radius 3 is 2.46 bits per heavy atom. The molecule has 2 aromatic rings. The van der Waals surface area contributed by atoms with E-state index in [1.54, 1.807) is 30.1 Å². The summed E-state index contributed by atoms with van der Waals surface area (Å²) < 4.78 is 13.7. The smallest absolute Gasteiger partial charge is 0.253 e. The zero-order chi connectivity index (χ0) is 20.3. The van der Waals surface area contributed by atoms with Crippen molar-refractivity contribution >= 4 is 23.4 Å². The summed E-state index contributed by atoms with van der Waals surface area (Å²) in [5.41, 5.74) is 2.11. The zero-order valence-corrected chi connectivity index (χ0v) is 16.8. The highest BCUT2D eigenvalue weighted by molar-refractivity contribution is 6.30. The molecule has 28 heavy (non-hydrogen) atoms. The molecule has 0 spiro atoms. The lowest BCUT2D eigenvalue weighted by Crippen LogP contribution is -2.38. The maximum Gasteiger partial charge on any atom is 0.253 e. The molecule has 0 aromatic heterocycles. The molecule has 0 aliphatic heterocycles. The van der Waals surface area contributed by atoms with Crippen LogP contribution in [0.25, 0.3) is 11.1 Å². The Morgan fingerprint density at radius 1 is 1.14 bits per heavy atom. The molecule has 6 heteroatoms. The molecule has 0 bridgehead atoms. The molecular weight excluding hydrogens is 379 g/mol. The molecule has 1 aliphatic carbocycles. The SMILES string of the molecule is CCC(=O)NC1CCC(N(C)C(=O)c2ccc(-c3ccc(Cl)c(F)c3)cc2)C1. The molecule has 1 saturated carbocycles. The summed E-state index contributed by atoms with van der Waals surface area (Å²) in [6.45, 7) is 1.83. The van der Waals surface area contributed by atoms with Crippen molar-refractivity contribution in [3.63, 3.8) is 0 Å². The van der Waals surface area contributed by atoms with E-state index in [1.807, 2.05) is 19.1 Å². The molecule has 1 N–H and O–H groups in total. The van der Waals surface area contributed by atoms with Crippen molar-refractivity contribution in [2.75, 3.05) is 7.05 Å². The maximum absolute atomic E-state index is 13.7. The standard InChI is InChI=1S/C22H24ClFN2O2/c1-3-21(27)25-17-9-10-18(13-17)26(2)22(28)15-6-4-14(5-7-15)16-8-11-19(23)20(24)12-16/h4-8,11-12,17-18H,3,9-10,13H2,1-2H3,(H,25,27). The summed E-state index contributed by atoms with van der Waals surface area (Å²) in [4.78, 5) is 26.1. The molecule has 2 amide bonds. The highest BCUT2D eigenvalue weighted by atomic mass is 35.5. The van der Waals surface area contributed by atoms with Gasteiger partial charge in [0.2, 0.25) is 5.91 Å². The second-order valence-electron chi connectivity index (χ2n) is 7.21. The molecule has 0 saturated heterocycles. The van der Waals surface area contributed by atoms with Crippen LogP contribution in [0.3, 0.4) is 0 Å². The van der Waals surface area contributed by atoms with Crippen molar-refractivity contribution in [1.29, 1.82) is 0 Å². The van der Waals surface area contributed by atoms with Gasteiger partial charge in [-0.25, -0.2) is 4.39 Å². The first-order valence-electron chi connectivity index (χ1n) is 9.51. The zero-order valence-electron chi connectivity index (χ0n) is 16.0. The Kier molecular flexibility index (Phi) is 6.35. The lowest BCUT2D eigenvalue weighted by Gasteiger charge is -2.25. The molecule has 148 valence electrons. The lowest BCUT2D eigenvalue weighted by atomic mass is 10.0. The second kappa shape index (κ2) is 8.74. The molecule has 3 rings (SSSR count). The van der Waals surface area contributed by atoms with Gasteiger partial charge in [0.05, 0.1) is 5.02 Å². The second-order valence-corrected chi connectivity index (χ2v) is 7.61. The predicted octanol–water partition coefficient (Wildman–Crippen LogP) is 4.67. The van der Waals surface area contributed by atoms with E-state index in [0.29, 0.717) is 17.5 Å². The van der Waals surface area contributed by atoms with Gasteiger partial charge < -0.3 is 10.2 Å². The first-order valence-corrected chi connectivity index (χ1v) is 9.88. The number of rotatable bonds is 5. The van der Waals surface area contributed by atoms with Gasteiger partial charge in [-0.2, -0.15) is 0 Å². The Bertz CT molecular complexity index is 869. The third-order valence-electron chi connectivity index (χ3n) is 5.34. The number of amides is 2. The molecule has 2 aromatic carbocycles. The van der Waals surface area contributed by atoms with Crippen LogP contribution in [-0.4, -0.2) is 35.8 Å². The maximum atomic E-state index is 13.7. The average Bonchev–Trinajstić information content (AvgIpc) is 3.17. The van der Waals surface area contributed by atoms with Gasteiger partial charge in [0.1, 0.15) is 5.82 Å². The van der Waals surface area contributed by atoms with Crippen LogP contribution in [0.4, 0.5) is 4.39 Å². The number of carbonyl (C=O) groups excluding carboxylic acids is 2. The van der Waals surface area contributed by atoms with Crippen LogP contribution >= 0.6 is 11.6 Å². The van der Waals surface area contributed by atoms with Gasteiger partial charge in [-0.15, -0.1) is 0 Å². The van der Waals surface area contributed by atoms with Gasteiger partial charge in [-0.05, 0) is 54.7 Å². The van der Waals surface area contributed by atoms with E-state index in [1.165, 1.54) is 12.1 Å². The minimum atomic E-state index is -0.468. The average molecular weight is 403 g/mol. The first kappa shape index (κ1) is 20.3. The van der Waals surface area contributed by atoms with E-state index >= 15 is 0 Å². The van der Waals surface area contributed by atoms with E-state index in [0.717, 1.165) is 24.8 Å². The van der Waals surface area contributed by atoms with Gasteiger partial charge in [0, 0.05) is 31.1 Å². The van der Waals surface area contributed by atoms with Crippen LogP contribution in [-0.2, 0) is 4.79 Å². The van der Waals surface area contributed by atoms with Gasteiger partial charge in [0.25, 0.3) is 5.91 Å². The Balaban J connectivity index is 1.65. The minimum Gasteiger partial charge on any atom is -0.353 e. The molecule has 1 aliphatic rings. The topological polar surface area (TPSA) is 49.4 Å². The van der Waals surface area contributed by atoms with Crippen molar-refractivity contribution in [2.24, 2.45) is 0 Å². The lowest BCUT2D eigenvalue weighted by molar-refractivity contribution is -0.121. The monoisotopic (exact) mass is 402 g/mol. The normalized spacial score (nSPS) is 18.7. The van der Waals surface area contributed by atoms with Gasteiger partial charge in [-0.3, -0.25) is 9.59 Å². The van der Waals surface area contributed by atoms with Gasteiger partial charge >= 0.3 is 0 Å². The highest BCUT2D eigenvalue weighted by Gasteiger charge is 2.30. The number of halogens is 2. The minimum absolute atomic E-state index is 0.0499. The van der Waals surface area contributed by atoms with Crippen molar-refractivity contribution in [3.05, 3.63) is 58.9 Å². The summed E-state index contributed by atoms with van der Waals surface area (Å²) in [5.74, 6) is -0.472. The highest BCUT2D eigenvalue weighted by Crippen LogP contribution is 2.27. The summed E-state index contributed by atoms with van der Waals surface area (Å²) in [5, 5.41) is 3.09.